The van der Waals surface area contributed by atoms with E-state index < -0.39 is 0 Å². The van der Waals surface area contributed by atoms with Crippen molar-refractivity contribution < 1.29 is 4.74 Å². The molecule has 1 saturated carbocycles. The van der Waals surface area contributed by atoms with Crippen LogP contribution in [-0.4, -0.2) is 25.3 Å². The fourth-order valence-corrected chi connectivity index (χ4v) is 3.33. The lowest BCUT2D eigenvalue weighted by atomic mass is 9.81. The molecule has 2 nitrogen and oxygen atoms in total. The Morgan fingerprint density at radius 3 is 2.45 bits per heavy atom. The molecule has 0 aromatic rings. The van der Waals surface area contributed by atoms with Gasteiger partial charge >= 0.3 is 0 Å². The van der Waals surface area contributed by atoms with Gasteiger partial charge in [-0.1, -0.05) is 45.3 Å². The first kappa shape index (κ1) is 17.7. The van der Waals surface area contributed by atoms with E-state index in [0.717, 1.165) is 31.9 Å². The molecule has 0 radical (unpaired) electrons. The Bertz CT molecular complexity index is 258. The van der Waals surface area contributed by atoms with E-state index >= 15 is 0 Å². The number of nitrogens with one attached hydrogen (secondary N) is 1. The average molecular weight is 281 g/mol. The molecule has 0 amide bonds. The van der Waals surface area contributed by atoms with Crippen LogP contribution in [0.25, 0.3) is 0 Å². The van der Waals surface area contributed by atoms with Gasteiger partial charge < -0.3 is 10.1 Å². The maximum absolute atomic E-state index is 6.18. The van der Waals surface area contributed by atoms with Crippen molar-refractivity contribution in [3.63, 3.8) is 0 Å². The lowest BCUT2D eigenvalue weighted by Gasteiger charge is -2.36. The predicted octanol–water partition coefficient (Wildman–Crippen LogP) is 4.70. The van der Waals surface area contributed by atoms with Crippen LogP contribution in [0.15, 0.2) is 12.2 Å². The van der Waals surface area contributed by atoms with E-state index in [1.807, 2.05) is 0 Å². The van der Waals surface area contributed by atoms with Crippen LogP contribution in [-0.2, 0) is 4.74 Å². The third kappa shape index (κ3) is 5.97. The van der Waals surface area contributed by atoms with Crippen LogP contribution in [0.1, 0.15) is 72.1 Å². The molecule has 20 heavy (non-hydrogen) atoms. The minimum absolute atomic E-state index is 0.371. The van der Waals surface area contributed by atoms with Crippen molar-refractivity contribution in [3.05, 3.63) is 12.2 Å². The van der Waals surface area contributed by atoms with E-state index in [9.17, 15) is 0 Å². The lowest BCUT2D eigenvalue weighted by Crippen LogP contribution is -2.46. The number of ether oxygens (including phenoxy) is 1. The molecule has 1 fully saturated rings. The summed E-state index contributed by atoms with van der Waals surface area (Å²) in [5, 5.41) is 3.73. The summed E-state index contributed by atoms with van der Waals surface area (Å²) in [7, 11) is 0. The molecule has 2 unspecified atom stereocenters. The number of hydrogen-bond acceptors (Lipinski definition) is 2. The first-order valence-corrected chi connectivity index (χ1v) is 8.74. The summed E-state index contributed by atoms with van der Waals surface area (Å²) in [6.07, 6.45) is 10.5. The minimum atomic E-state index is 0.371. The highest BCUT2D eigenvalue weighted by atomic mass is 16.5. The van der Waals surface area contributed by atoms with Crippen molar-refractivity contribution in [2.75, 3.05) is 13.2 Å². The Labute approximate surface area is 126 Å². The van der Waals surface area contributed by atoms with Gasteiger partial charge in [0.05, 0.1) is 6.10 Å². The summed E-state index contributed by atoms with van der Waals surface area (Å²) in [5.41, 5.74) is 1.35. The summed E-state index contributed by atoms with van der Waals surface area (Å²) < 4.78 is 6.18. The van der Waals surface area contributed by atoms with Crippen LogP contribution in [0.3, 0.4) is 0 Å². The predicted molar refractivity (Wildman–Crippen MR) is 88.1 cm³/mol. The molecule has 0 aromatic carbocycles. The second-order valence-electron chi connectivity index (χ2n) is 6.19. The van der Waals surface area contributed by atoms with Gasteiger partial charge in [-0.05, 0) is 51.5 Å². The van der Waals surface area contributed by atoms with Gasteiger partial charge in [0.25, 0.3) is 0 Å². The van der Waals surface area contributed by atoms with Crippen LogP contribution in [0.4, 0.5) is 0 Å². The normalized spacial score (nSPS) is 19.8. The Kier molecular flexibility index (Phi) is 9.21. The Hall–Kier alpha value is -0.340. The number of hydrogen-bond donors (Lipinski definition) is 1. The van der Waals surface area contributed by atoms with Crippen LogP contribution < -0.4 is 5.32 Å². The van der Waals surface area contributed by atoms with E-state index in [4.69, 9.17) is 4.74 Å². The fourth-order valence-electron chi connectivity index (χ4n) is 3.33. The standard InChI is InChI=1S/C18H35NO/c1-5-13-19-17(14-15(4)6-2)18(20-7-3)16-11-9-8-10-12-16/h16-19H,4-14H2,1-3H3. The van der Waals surface area contributed by atoms with E-state index in [1.165, 1.54) is 44.1 Å². The third-order valence-electron chi connectivity index (χ3n) is 4.54. The maximum Gasteiger partial charge on any atom is 0.0759 e. The first-order chi connectivity index (χ1) is 9.72. The summed E-state index contributed by atoms with van der Waals surface area (Å²) in [6.45, 7) is 12.7. The van der Waals surface area contributed by atoms with Gasteiger partial charge in [-0.2, -0.15) is 0 Å². The lowest BCUT2D eigenvalue weighted by molar-refractivity contribution is -0.0175. The molecule has 1 N–H and O–H groups in total. The number of rotatable bonds is 10. The molecule has 1 rings (SSSR count). The van der Waals surface area contributed by atoms with Crippen molar-refractivity contribution in [2.24, 2.45) is 5.92 Å². The average Bonchev–Trinajstić information content (AvgIpc) is 2.50. The second kappa shape index (κ2) is 10.4. The summed E-state index contributed by atoms with van der Waals surface area (Å²) in [6, 6.07) is 0.449. The molecular formula is C18H35NO. The van der Waals surface area contributed by atoms with Crippen LogP contribution in [0.5, 0.6) is 0 Å². The zero-order valence-electron chi connectivity index (χ0n) is 13.9. The fraction of sp³-hybridized carbons (Fsp3) is 0.889. The molecule has 0 spiro atoms. The van der Waals surface area contributed by atoms with Crippen LogP contribution >= 0.6 is 0 Å². The molecule has 0 bridgehead atoms. The summed E-state index contributed by atoms with van der Waals surface area (Å²) >= 11 is 0. The highest BCUT2D eigenvalue weighted by Crippen LogP contribution is 2.31. The molecule has 2 atom stereocenters. The Balaban J connectivity index is 2.69. The molecule has 1 aliphatic carbocycles. The topological polar surface area (TPSA) is 21.3 Å². The van der Waals surface area contributed by atoms with Crippen molar-refractivity contribution in [3.8, 4) is 0 Å². The highest BCUT2D eigenvalue weighted by Gasteiger charge is 2.30. The molecule has 1 aliphatic rings. The Morgan fingerprint density at radius 2 is 1.90 bits per heavy atom. The molecule has 0 aromatic heterocycles. The van der Waals surface area contributed by atoms with E-state index in [-0.39, 0.29) is 0 Å². The van der Waals surface area contributed by atoms with Crippen molar-refractivity contribution >= 4 is 0 Å². The van der Waals surface area contributed by atoms with Crippen LogP contribution in [0, 0.1) is 5.92 Å². The molecule has 118 valence electrons. The van der Waals surface area contributed by atoms with Crippen molar-refractivity contribution in [1.29, 1.82) is 0 Å². The van der Waals surface area contributed by atoms with E-state index in [1.54, 1.807) is 0 Å². The molecular weight excluding hydrogens is 246 g/mol. The quantitative estimate of drug-likeness (QED) is 0.586. The van der Waals surface area contributed by atoms with Gasteiger partial charge in [0.1, 0.15) is 0 Å². The van der Waals surface area contributed by atoms with Gasteiger partial charge in [-0.15, -0.1) is 0 Å². The van der Waals surface area contributed by atoms with E-state index in [2.05, 4.69) is 32.7 Å². The molecule has 0 heterocycles. The monoisotopic (exact) mass is 281 g/mol. The summed E-state index contributed by atoms with van der Waals surface area (Å²) in [4.78, 5) is 0. The van der Waals surface area contributed by atoms with Gasteiger partial charge in [0.2, 0.25) is 0 Å². The first-order valence-electron chi connectivity index (χ1n) is 8.74. The van der Waals surface area contributed by atoms with Gasteiger partial charge in [0.15, 0.2) is 0 Å². The van der Waals surface area contributed by atoms with Crippen LogP contribution in [0.2, 0.25) is 0 Å². The Morgan fingerprint density at radius 1 is 1.20 bits per heavy atom. The molecule has 0 aliphatic heterocycles. The molecule has 0 saturated heterocycles. The smallest absolute Gasteiger partial charge is 0.0759 e. The van der Waals surface area contributed by atoms with Gasteiger partial charge in [0, 0.05) is 12.6 Å². The molecule has 2 heteroatoms. The maximum atomic E-state index is 6.18. The third-order valence-corrected chi connectivity index (χ3v) is 4.54. The minimum Gasteiger partial charge on any atom is -0.377 e. The van der Waals surface area contributed by atoms with Crippen molar-refractivity contribution in [2.45, 2.75) is 84.3 Å². The second-order valence-corrected chi connectivity index (χ2v) is 6.19. The SMILES string of the molecule is C=C(CC)CC(NCCC)C(OCC)C1CCCCC1. The van der Waals surface area contributed by atoms with Gasteiger partial charge in [-0.25, -0.2) is 0 Å². The zero-order chi connectivity index (χ0) is 14.8. The highest BCUT2D eigenvalue weighted by molar-refractivity contribution is 5.00. The van der Waals surface area contributed by atoms with Crippen molar-refractivity contribution in [1.82, 2.24) is 5.32 Å². The van der Waals surface area contributed by atoms with E-state index in [0.29, 0.717) is 12.1 Å². The van der Waals surface area contributed by atoms with Gasteiger partial charge in [-0.3, -0.25) is 0 Å². The zero-order valence-corrected chi connectivity index (χ0v) is 13.9. The summed E-state index contributed by atoms with van der Waals surface area (Å²) in [5.74, 6) is 0.739. The largest absolute Gasteiger partial charge is 0.377 e.